The van der Waals surface area contributed by atoms with Gasteiger partial charge >= 0.3 is 0 Å². The van der Waals surface area contributed by atoms with Crippen molar-refractivity contribution in [2.75, 3.05) is 1.33 Å². The molecule has 0 aliphatic heterocycles. The van der Waals surface area contributed by atoms with Gasteiger partial charge < -0.3 is 0 Å². The van der Waals surface area contributed by atoms with Crippen LogP contribution < -0.4 is 1.33 Å². The Hall–Kier alpha value is -0.370. The molecule has 0 saturated carbocycles. The summed E-state index contributed by atoms with van der Waals surface area (Å²) in [4.78, 5) is 4.28. The maximum Gasteiger partial charge on any atom is 0.146 e. The van der Waals surface area contributed by atoms with Gasteiger partial charge in [-0.3, -0.25) is 0 Å². The van der Waals surface area contributed by atoms with E-state index in [2.05, 4.69) is 68.9 Å². The molecule has 2 aromatic rings. The standard InChI is InChI=1S/C11H8I2N2/c12-15(13)11-8-10(6-7-14-11)9-4-2-1-3-5-9/h1-8H. The largest absolute Gasteiger partial charge is 0.238 e. The Bertz CT molecular complexity index is 443. The summed E-state index contributed by atoms with van der Waals surface area (Å²) < 4.78 is 1.95. The maximum absolute atomic E-state index is 4.28. The quantitative estimate of drug-likeness (QED) is 0.532. The minimum Gasteiger partial charge on any atom is -0.238 e. The molecule has 4 heteroatoms. The summed E-state index contributed by atoms with van der Waals surface area (Å²) in [6.07, 6.45) is 1.84. The van der Waals surface area contributed by atoms with Crippen LogP contribution in [0.1, 0.15) is 0 Å². The van der Waals surface area contributed by atoms with Crippen molar-refractivity contribution in [1.29, 1.82) is 0 Å². The first-order valence-corrected chi connectivity index (χ1v) is 6.33. The summed E-state index contributed by atoms with van der Waals surface area (Å²) >= 11 is 4.40. The zero-order chi connectivity index (χ0) is 10.7. The Kier molecular flexibility index (Phi) is 3.79. The normalized spacial score (nSPS) is 10.0. The van der Waals surface area contributed by atoms with E-state index in [0.29, 0.717) is 0 Å². The van der Waals surface area contributed by atoms with E-state index < -0.39 is 0 Å². The predicted octanol–water partition coefficient (Wildman–Crippen LogP) is 4.26. The molecule has 0 spiro atoms. The van der Waals surface area contributed by atoms with E-state index in [1.54, 1.807) is 0 Å². The Morgan fingerprint density at radius 3 is 2.33 bits per heavy atom. The van der Waals surface area contributed by atoms with Crippen molar-refractivity contribution >= 4 is 51.5 Å². The molecule has 0 bridgehead atoms. The Morgan fingerprint density at radius 1 is 0.933 bits per heavy atom. The van der Waals surface area contributed by atoms with Crippen molar-refractivity contribution in [3.63, 3.8) is 0 Å². The van der Waals surface area contributed by atoms with Crippen LogP contribution in [0, 0.1) is 0 Å². The number of hydrogen-bond donors (Lipinski definition) is 0. The highest BCUT2D eigenvalue weighted by molar-refractivity contribution is 14.2. The maximum atomic E-state index is 4.28. The summed E-state index contributed by atoms with van der Waals surface area (Å²) in [5.41, 5.74) is 2.41. The highest BCUT2D eigenvalue weighted by atomic mass is 127. The molecule has 0 atom stereocenters. The number of halogens is 2. The molecule has 0 aliphatic carbocycles. The second-order valence-corrected chi connectivity index (χ2v) is 6.78. The molecule has 0 aliphatic rings. The fourth-order valence-corrected chi connectivity index (χ4v) is 1.85. The van der Waals surface area contributed by atoms with Gasteiger partial charge in [0.15, 0.2) is 0 Å². The van der Waals surface area contributed by atoms with Crippen molar-refractivity contribution in [3.05, 3.63) is 48.7 Å². The first-order chi connectivity index (χ1) is 7.27. The molecule has 1 heterocycles. The monoisotopic (exact) mass is 422 g/mol. The van der Waals surface area contributed by atoms with Crippen molar-refractivity contribution in [2.24, 2.45) is 0 Å². The lowest BCUT2D eigenvalue weighted by molar-refractivity contribution is 1.33. The van der Waals surface area contributed by atoms with Gasteiger partial charge in [0.1, 0.15) is 5.82 Å². The lowest BCUT2D eigenvalue weighted by atomic mass is 10.1. The van der Waals surface area contributed by atoms with E-state index in [1.165, 1.54) is 11.1 Å². The van der Waals surface area contributed by atoms with E-state index in [0.717, 1.165) is 5.82 Å². The molecule has 0 amide bonds. The molecule has 0 N–H and O–H groups in total. The third kappa shape index (κ3) is 2.81. The van der Waals surface area contributed by atoms with E-state index in [9.17, 15) is 0 Å². The number of anilines is 1. The molecule has 0 saturated heterocycles. The van der Waals surface area contributed by atoms with Gasteiger partial charge in [-0.1, -0.05) is 30.3 Å². The molecule has 0 unspecified atom stereocenters. The molecule has 1 aromatic carbocycles. The van der Waals surface area contributed by atoms with Crippen LogP contribution in [0.2, 0.25) is 0 Å². The van der Waals surface area contributed by atoms with Crippen molar-refractivity contribution in [1.82, 2.24) is 4.98 Å². The van der Waals surface area contributed by atoms with Crippen molar-refractivity contribution in [2.45, 2.75) is 0 Å². The van der Waals surface area contributed by atoms with Crippen LogP contribution in [0.15, 0.2) is 48.7 Å². The molecular formula is C11H8I2N2. The van der Waals surface area contributed by atoms with Gasteiger partial charge in [-0.05, 0) is 23.3 Å². The Morgan fingerprint density at radius 2 is 1.67 bits per heavy atom. The number of benzene rings is 1. The molecule has 1 aromatic heterocycles. The minimum absolute atomic E-state index is 0.956. The SMILES string of the molecule is IN(I)c1cc(-c2ccccc2)ccn1. The van der Waals surface area contributed by atoms with Crippen LogP contribution in [0.25, 0.3) is 11.1 Å². The average Bonchev–Trinajstić information content (AvgIpc) is 2.30. The third-order valence-electron chi connectivity index (χ3n) is 2.03. The molecule has 0 fully saturated rings. The molecular weight excluding hydrogens is 414 g/mol. The fourth-order valence-electron chi connectivity index (χ4n) is 1.32. The van der Waals surface area contributed by atoms with E-state index >= 15 is 0 Å². The van der Waals surface area contributed by atoms with Crippen LogP contribution >= 0.6 is 45.7 Å². The highest BCUT2D eigenvalue weighted by Crippen LogP contribution is 2.26. The minimum atomic E-state index is 0.956. The fraction of sp³-hybridized carbons (Fsp3) is 0. The molecule has 15 heavy (non-hydrogen) atoms. The summed E-state index contributed by atoms with van der Waals surface area (Å²) in [6, 6.07) is 14.4. The Labute approximate surface area is 117 Å². The van der Waals surface area contributed by atoms with Gasteiger partial charge in [0.2, 0.25) is 0 Å². The smallest absolute Gasteiger partial charge is 0.146 e. The topological polar surface area (TPSA) is 16.1 Å². The van der Waals surface area contributed by atoms with E-state index in [-0.39, 0.29) is 0 Å². The first kappa shape index (κ1) is 11.1. The molecule has 76 valence electrons. The number of pyridine rings is 1. The van der Waals surface area contributed by atoms with Crippen molar-refractivity contribution < 1.29 is 0 Å². The van der Waals surface area contributed by atoms with Gasteiger partial charge in [-0.25, -0.2) is 6.31 Å². The second-order valence-electron chi connectivity index (χ2n) is 3.00. The van der Waals surface area contributed by atoms with Crippen molar-refractivity contribution in [3.8, 4) is 11.1 Å². The summed E-state index contributed by atoms with van der Waals surface area (Å²) in [6.45, 7) is 0. The van der Waals surface area contributed by atoms with Crippen LogP contribution in [-0.4, -0.2) is 4.98 Å². The number of aromatic nitrogens is 1. The van der Waals surface area contributed by atoms with Crippen LogP contribution in [-0.2, 0) is 0 Å². The van der Waals surface area contributed by atoms with Gasteiger partial charge in [0, 0.05) is 6.20 Å². The lowest BCUT2D eigenvalue weighted by Crippen LogP contribution is -1.93. The summed E-state index contributed by atoms with van der Waals surface area (Å²) in [5.74, 6) is 0.956. The lowest BCUT2D eigenvalue weighted by Gasteiger charge is -2.07. The summed E-state index contributed by atoms with van der Waals surface area (Å²) in [5, 5.41) is 0. The number of rotatable bonds is 2. The third-order valence-corrected chi connectivity index (χ3v) is 3.01. The first-order valence-electron chi connectivity index (χ1n) is 4.40. The number of nitrogens with zero attached hydrogens (tertiary/aromatic N) is 2. The highest BCUT2D eigenvalue weighted by Gasteiger charge is 2.02. The van der Waals surface area contributed by atoms with Gasteiger partial charge in [0.05, 0.1) is 45.7 Å². The summed E-state index contributed by atoms with van der Waals surface area (Å²) in [7, 11) is 0. The van der Waals surface area contributed by atoms with Gasteiger partial charge in [-0.15, -0.1) is 0 Å². The molecule has 0 radical (unpaired) electrons. The van der Waals surface area contributed by atoms with Crippen LogP contribution in [0.5, 0.6) is 0 Å². The average molecular weight is 422 g/mol. The second kappa shape index (κ2) is 5.11. The van der Waals surface area contributed by atoms with E-state index in [4.69, 9.17) is 0 Å². The van der Waals surface area contributed by atoms with Crippen LogP contribution in [0.4, 0.5) is 5.82 Å². The van der Waals surface area contributed by atoms with E-state index in [1.807, 2.05) is 31.8 Å². The number of hydrogen-bond acceptors (Lipinski definition) is 2. The zero-order valence-corrected chi connectivity index (χ0v) is 12.1. The van der Waals surface area contributed by atoms with Gasteiger partial charge in [-0.2, -0.15) is 0 Å². The predicted molar refractivity (Wildman–Crippen MR) is 80.2 cm³/mol. The van der Waals surface area contributed by atoms with Crippen LogP contribution in [0.3, 0.4) is 0 Å². The zero-order valence-electron chi connectivity index (χ0n) is 7.77. The molecule has 2 rings (SSSR count). The van der Waals surface area contributed by atoms with Gasteiger partial charge in [0.25, 0.3) is 0 Å². The Balaban J connectivity index is 2.42. The molecule has 2 nitrogen and oxygen atoms in total.